The van der Waals surface area contributed by atoms with Crippen LogP contribution in [0.3, 0.4) is 0 Å². The Bertz CT molecular complexity index is 1470. The van der Waals surface area contributed by atoms with Crippen LogP contribution in [0, 0.1) is 12.7 Å². The number of nitrogens with zero attached hydrogens (tertiary/aromatic N) is 2. The lowest BCUT2D eigenvalue weighted by Gasteiger charge is -2.34. The predicted octanol–water partition coefficient (Wildman–Crippen LogP) is 2.26. The van der Waals surface area contributed by atoms with Gasteiger partial charge in [-0.05, 0) is 56.4 Å². The van der Waals surface area contributed by atoms with E-state index in [1.165, 1.54) is 13.0 Å². The molecule has 0 radical (unpaired) electrons. The molecule has 8 heteroatoms. The number of benzene rings is 1. The molecule has 0 fully saturated rings. The van der Waals surface area contributed by atoms with Gasteiger partial charge in [-0.25, -0.2) is 14.2 Å². The van der Waals surface area contributed by atoms with Crippen molar-refractivity contribution in [1.29, 1.82) is 0 Å². The Labute approximate surface area is 182 Å². The number of halogens is 1. The van der Waals surface area contributed by atoms with Crippen molar-refractivity contribution in [1.82, 2.24) is 9.55 Å². The van der Waals surface area contributed by atoms with Crippen molar-refractivity contribution in [2.75, 3.05) is 0 Å². The van der Waals surface area contributed by atoms with Gasteiger partial charge in [0.05, 0.1) is 29.0 Å². The molecule has 3 aromatic rings. The average molecular weight is 435 g/mol. The van der Waals surface area contributed by atoms with Crippen LogP contribution >= 0.6 is 0 Å². The number of cyclic esters (lactones) is 1. The van der Waals surface area contributed by atoms with E-state index < -0.39 is 17.1 Å². The first kappa shape index (κ1) is 19.6. The number of pyridine rings is 2. The molecule has 0 unspecified atom stereocenters. The van der Waals surface area contributed by atoms with E-state index in [4.69, 9.17) is 15.5 Å². The zero-order valence-corrected chi connectivity index (χ0v) is 18.0. The number of aliphatic hydroxyl groups is 1. The first-order chi connectivity index (χ1) is 15.0. The van der Waals surface area contributed by atoms with E-state index in [1.54, 1.807) is 17.6 Å². The second kappa shape index (κ2) is 5.82. The molecule has 0 spiro atoms. The number of rotatable bonds is 0. The molecule has 7 nitrogen and oxygen atoms in total. The highest BCUT2D eigenvalue weighted by atomic mass is 19.1. The monoisotopic (exact) mass is 435 g/mol. The van der Waals surface area contributed by atoms with Gasteiger partial charge in [-0.1, -0.05) is 0 Å². The normalized spacial score (nSPS) is 25.4. The van der Waals surface area contributed by atoms with Gasteiger partial charge >= 0.3 is 5.97 Å². The van der Waals surface area contributed by atoms with Gasteiger partial charge in [-0.3, -0.25) is 4.79 Å². The molecule has 2 aliphatic heterocycles. The van der Waals surface area contributed by atoms with Gasteiger partial charge in [0.15, 0.2) is 5.60 Å². The Morgan fingerprint density at radius 1 is 1.22 bits per heavy atom. The molecule has 0 saturated carbocycles. The number of fused-ring (bicyclic) bond motifs is 5. The second-order valence-electron chi connectivity index (χ2n) is 9.55. The van der Waals surface area contributed by atoms with Gasteiger partial charge in [0.1, 0.15) is 12.4 Å². The van der Waals surface area contributed by atoms with E-state index >= 15 is 0 Å². The molecular weight excluding hydrogens is 413 g/mol. The third-order valence-corrected chi connectivity index (χ3v) is 7.40. The van der Waals surface area contributed by atoms with Crippen molar-refractivity contribution in [3.8, 4) is 11.4 Å². The number of ether oxygens (including phenoxy) is 1. The molecule has 3 aliphatic rings. The number of aryl methyl sites for hydroxylation is 1. The molecule has 2 aromatic heterocycles. The van der Waals surface area contributed by atoms with Crippen molar-refractivity contribution in [2.45, 2.75) is 57.9 Å². The molecule has 0 saturated heterocycles. The summed E-state index contributed by atoms with van der Waals surface area (Å²) < 4.78 is 21.3. The Kier molecular flexibility index (Phi) is 3.56. The minimum atomic E-state index is -1.94. The number of carbonyl (C=O) groups excluding carboxylic acids is 1. The molecular formula is C24H22FN3O4. The van der Waals surface area contributed by atoms with Gasteiger partial charge in [0, 0.05) is 28.1 Å². The molecule has 4 heterocycles. The van der Waals surface area contributed by atoms with Gasteiger partial charge in [-0.2, -0.15) is 0 Å². The third-order valence-electron chi connectivity index (χ3n) is 7.40. The summed E-state index contributed by atoms with van der Waals surface area (Å²) in [6, 6.07) is 3.06. The van der Waals surface area contributed by atoms with Gasteiger partial charge in [0.25, 0.3) is 5.56 Å². The molecule has 2 atom stereocenters. The zero-order chi connectivity index (χ0) is 22.7. The van der Waals surface area contributed by atoms with Crippen molar-refractivity contribution < 1.29 is 19.0 Å². The first-order valence-corrected chi connectivity index (χ1v) is 10.6. The molecule has 164 valence electrons. The van der Waals surface area contributed by atoms with Crippen LogP contribution in [0.25, 0.3) is 22.3 Å². The van der Waals surface area contributed by atoms with Gasteiger partial charge in [-0.15, -0.1) is 0 Å². The fraction of sp³-hybridized carbons (Fsp3) is 0.375. The highest BCUT2D eigenvalue weighted by Crippen LogP contribution is 2.46. The fourth-order valence-corrected chi connectivity index (χ4v) is 5.59. The maximum atomic E-state index is 14.7. The minimum Gasteiger partial charge on any atom is -0.458 e. The number of nitrogens with two attached hydrogens (primary N) is 1. The standard InChI is InChI=1S/C24H22FN3O4/c1-10-11-4-5-23(2,26)19-12-8-28-17(20(12)27-16(18(11)19)7-15(10)25)6-14-13(21(28)29)9-32-22(30)24(14,3)31/h6-7,31H,4-5,8-9,26H2,1-3H3/t23-,24+/m1/s1. The van der Waals surface area contributed by atoms with E-state index in [-0.39, 0.29) is 35.7 Å². The maximum absolute atomic E-state index is 14.7. The van der Waals surface area contributed by atoms with Crippen LogP contribution in [-0.2, 0) is 40.2 Å². The molecule has 1 aliphatic carbocycles. The lowest BCUT2D eigenvalue weighted by atomic mass is 9.75. The lowest BCUT2D eigenvalue weighted by molar-refractivity contribution is -0.169. The summed E-state index contributed by atoms with van der Waals surface area (Å²) in [6.07, 6.45) is 1.30. The van der Waals surface area contributed by atoms with Crippen LogP contribution in [0.5, 0.6) is 0 Å². The number of aromatic nitrogens is 2. The summed E-state index contributed by atoms with van der Waals surface area (Å²) in [5.41, 5.74) is 9.05. The maximum Gasteiger partial charge on any atom is 0.342 e. The Morgan fingerprint density at radius 2 is 1.97 bits per heavy atom. The molecule has 0 bridgehead atoms. The quantitative estimate of drug-likeness (QED) is 0.410. The summed E-state index contributed by atoms with van der Waals surface area (Å²) in [5.74, 6) is -1.12. The van der Waals surface area contributed by atoms with Gasteiger partial charge < -0.3 is 20.1 Å². The van der Waals surface area contributed by atoms with Crippen molar-refractivity contribution in [3.05, 3.63) is 61.7 Å². The van der Waals surface area contributed by atoms with E-state index in [1.807, 2.05) is 6.92 Å². The van der Waals surface area contributed by atoms with Crippen molar-refractivity contribution >= 4 is 16.9 Å². The number of esters is 1. The van der Waals surface area contributed by atoms with Crippen LogP contribution < -0.4 is 11.3 Å². The zero-order valence-electron chi connectivity index (χ0n) is 18.0. The smallest absolute Gasteiger partial charge is 0.342 e. The highest BCUT2D eigenvalue weighted by Gasteiger charge is 2.44. The van der Waals surface area contributed by atoms with Crippen LogP contribution in [0.15, 0.2) is 16.9 Å². The average Bonchev–Trinajstić information content (AvgIpc) is 3.08. The summed E-state index contributed by atoms with van der Waals surface area (Å²) in [6.45, 7) is 5.13. The SMILES string of the molecule is Cc1c(F)cc2nc3c(c4c2c1CC[C@@]4(C)N)Cn1c-3cc2c(c1=O)COC(=O)[C@@]2(C)O. The van der Waals surface area contributed by atoms with Crippen LogP contribution in [0.1, 0.15) is 53.6 Å². The van der Waals surface area contributed by atoms with E-state index in [2.05, 4.69) is 0 Å². The number of hydrogen-bond acceptors (Lipinski definition) is 6. The topological polar surface area (TPSA) is 107 Å². The fourth-order valence-electron chi connectivity index (χ4n) is 5.59. The molecule has 32 heavy (non-hydrogen) atoms. The Balaban J connectivity index is 1.73. The third kappa shape index (κ3) is 2.23. The molecule has 0 amide bonds. The highest BCUT2D eigenvalue weighted by molar-refractivity contribution is 5.93. The minimum absolute atomic E-state index is 0.189. The first-order valence-electron chi connectivity index (χ1n) is 10.6. The van der Waals surface area contributed by atoms with E-state index in [0.29, 0.717) is 35.3 Å². The van der Waals surface area contributed by atoms with Crippen molar-refractivity contribution in [3.63, 3.8) is 0 Å². The van der Waals surface area contributed by atoms with E-state index in [0.717, 1.165) is 22.1 Å². The largest absolute Gasteiger partial charge is 0.458 e. The van der Waals surface area contributed by atoms with E-state index in [9.17, 15) is 19.1 Å². The molecule has 1 aromatic carbocycles. The summed E-state index contributed by atoms with van der Waals surface area (Å²) in [4.78, 5) is 30.3. The molecule has 6 rings (SSSR count). The van der Waals surface area contributed by atoms with Gasteiger partial charge in [0.2, 0.25) is 0 Å². The predicted molar refractivity (Wildman–Crippen MR) is 114 cm³/mol. The Morgan fingerprint density at radius 3 is 2.72 bits per heavy atom. The second-order valence-corrected chi connectivity index (χ2v) is 9.55. The van der Waals surface area contributed by atoms with Crippen LogP contribution in [0.2, 0.25) is 0 Å². The summed E-state index contributed by atoms with van der Waals surface area (Å²) in [7, 11) is 0. The summed E-state index contributed by atoms with van der Waals surface area (Å²) in [5, 5.41) is 11.6. The summed E-state index contributed by atoms with van der Waals surface area (Å²) >= 11 is 0. The van der Waals surface area contributed by atoms with Crippen LogP contribution in [-0.4, -0.2) is 20.6 Å². The number of hydrogen-bond donors (Lipinski definition) is 2. The van der Waals surface area contributed by atoms with Crippen molar-refractivity contribution in [2.24, 2.45) is 5.73 Å². The number of carbonyl (C=O) groups is 1. The van der Waals surface area contributed by atoms with Crippen LogP contribution in [0.4, 0.5) is 4.39 Å². The molecule has 3 N–H and O–H groups in total. The lowest BCUT2D eigenvalue weighted by Crippen LogP contribution is -2.42. The Hall–Kier alpha value is -3.10.